The predicted molar refractivity (Wildman–Crippen MR) is 134 cm³/mol. The second-order valence-electron chi connectivity index (χ2n) is 8.59. The van der Waals surface area contributed by atoms with Gasteiger partial charge in [0.2, 0.25) is 0 Å². The van der Waals surface area contributed by atoms with Crippen molar-refractivity contribution in [2.45, 2.75) is 27.0 Å². The van der Waals surface area contributed by atoms with Crippen LogP contribution in [0, 0.1) is 13.8 Å². The van der Waals surface area contributed by atoms with Gasteiger partial charge in [0.05, 0.1) is 13.3 Å². The Kier molecular flexibility index (Phi) is 7.63. The van der Waals surface area contributed by atoms with Gasteiger partial charge in [0, 0.05) is 32.7 Å². The Morgan fingerprint density at radius 2 is 1.67 bits per heavy atom. The Labute approximate surface area is 197 Å². The van der Waals surface area contributed by atoms with Crippen molar-refractivity contribution in [3.63, 3.8) is 0 Å². The van der Waals surface area contributed by atoms with Gasteiger partial charge in [-0.25, -0.2) is 0 Å². The lowest BCUT2D eigenvalue weighted by atomic mass is 10.1. The molecular formula is C28H33N3O2. The lowest BCUT2D eigenvalue weighted by Gasteiger charge is -2.33. The van der Waals surface area contributed by atoms with Gasteiger partial charge in [-0.15, -0.1) is 0 Å². The molecule has 4 rings (SSSR count). The lowest BCUT2D eigenvalue weighted by molar-refractivity contribution is 0.131. The molecule has 5 nitrogen and oxygen atoms in total. The molecule has 0 aromatic heterocycles. The largest absolute Gasteiger partial charge is 0.493 e. The molecule has 3 aromatic rings. The fourth-order valence-corrected chi connectivity index (χ4v) is 4.04. The average Bonchev–Trinajstić information content (AvgIpc) is 2.85. The van der Waals surface area contributed by atoms with Crippen LogP contribution in [0.25, 0.3) is 0 Å². The number of methoxy groups -OCH3 is 1. The van der Waals surface area contributed by atoms with Gasteiger partial charge in [-0.3, -0.25) is 9.91 Å². The van der Waals surface area contributed by atoms with Crippen molar-refractivity contribution < 1.29 is 9.47 Å². The monoisotopic (exact) mass is 443 g/mol. The molecule has 5 heteroatoms. The minimum Gasteiger partial charge on any atom is -0.493 e. The quantitative estimate of drug-likeness (QED) is 0.457. The van der Waals surface area contributed by atoms with Crippen LogP contribution in [0.5, 0.6) is 11.5 Å². The zero-order valence-electron chi connectivity index (χ0n) is 19.8. The molecule has 0 spiro atoms. The number of hydrazone groups is 1. The zero-order chi connectivity index (χ0) is 23.0. The Morgan fingerprint density at radius 3 is 2.39 bits per heavy atom. The summed E-state index contributed by atoms with van der Waals surface area (Å²) in [5.41, 5.74) is 6.24. The molecule has 172 valence electrons. The van der Waals surface area contributed by atoms with Crippen LogP contribution in [0.3, 0.4) is 0 Å². The molecule has 33 heavy (non-hydrogen) atoms. The van der Waals surface area contributed by atoms with Gasteiger partial charge in [-0.2, -0.15) is 5.10 Å². The average molecular weight is 444 g/mol. The highest BCUT2D eigenvalue weighted by molar-refractivity contribution is 5.80. The van der Waals surface area contributed by atoms with E-state index in [0.29, 0.717) is 12.4 Å². The van der Waals surface area contributed by atoms with Crippen molar-refractivity contribution in [3.05, 3.63) is 94.5 Å². The smallest absolute Gasteiger partial charge is 0.161 e. The first kappa shape index (κ1) is 22.9. The van der Waals surface area contributed by atoms with Crippen LogP contribution < -0.4 is 9.47 Å². The van der Waals surface area contributed by atoms with E-state index in [9.17, 15) is 0 Å². The van der Waals surface area contributed by atoms with E-state index in [1.165, 1.54) is 16.7 Å². The molecule has 0 N–H and O–H groups in total. The number of piperazine rings is 1. The molecule has 1 saturated heterocycles. The van der Waals surface area contributed by atoms with E-state index in [-0.39, 0.29) is 0 Å². The molecule has 0 aliphatic carbocycles. The number of hydrogen-bond acceptors (Lipinski definition) is 5. The van der Waals surface area contributed by atoms with Gasteiger partial charge < -0.3 is 9.47 Å². The second-order valence-corrected chi connectivity index (χ2v) is 8.59. The zero-order valence-corrected chi connectivity index (χ0v) is 19.8. The van der Waals surface area contributed by atoms with Gasteiger partial charge in [0.25, 0.3) is 0 Å². The molecule has 3 aromatic carbocycles. The van der Waals surface area contributed by atoms with Crippen molar-refractivity contribution in [3.8, 4) is 11.5 Å². The molecule has 1 fully saturated rings. The number of rotatable bonds is 8. The van der Waals surface area contributed by atoms with Gasteiger partial charge in [0.1, 0.15) is 6.61 Å². The van der Waals surface area contributed by atoms with E-state index in [0.717, 1.165) is 49.6 Å². The van der Waals surface area contributed by atoms with Crippen molar-refractivity contribution in [1.29, 1.82) is 0 Å². The molecule has 0 saturated carbocycles. The summed E-state index contributed by atoms with van der Waals surface area (Å²) < 4.78 is 11.5. The highest BCUT2D eigenvalue weighted by Crippen LogP contribution is 2.28. The first-order valence-corrected chi connectivity index (χ1v) is 11.5. The van der Waals surface area contributed by atoms with Crippen molar-refractivity contribution >= 4 is 6.21 Å². The Balaban J connectivity index is 1.30. The number of benzene rings is 3. The van der Waals surface area contributed by atoms with Gasteiger partial charge in [-0.05, 0) is 54.3 Å². The Morgan fingerprint density at radius 1 is 0.879 bits per heavy atom. The maximum absolute atomic E-state index is 5.95. The molecule has 0 bridgehead atoms. The summed E-state index contributed by atoms with van der Waals surface area (Å²) in [4.78, 5) is 2.51. The van der Waals surface area contributed by atoms with E-state index in [1.54, 1.807) is 7.11 Å². The van der Waals surface area contributed by atoms with Crippen LogP contribution in [0.2, 0.25) is 0 Å². The first-order valence-electron chi connectivity index (χ1n) is 11.5. The number of hydrogen-bond donors (Lipinski definition) is 0. The van der Waals surface area contributed by atoms with Gasteiger partial charge >= 0.3 is 0 Å². The highest BCUT2D eigenvalue weighted by Gasteiger charge is 2.16. The van der Waals surface area contributed by atoms with Crippen molar-refractivity contribution in [1.82, 2.24) is 9.91 Å². The van der Waals surface area contributed by atoms with E-state index < -0.39 is 0 Å². The minimum atomic E-state index is 0.511. The Hall–Kier alpha value is -3.31. The van der Waals surface area contributed by atoms with Crippen molar-refractivity contribution in [2.24, 2.45) is 5.10 Å². The number of aryl methyl sites for hydroxylation is 2. The van der Waals surface area contributed by atoms with Crippen LogP contribution in [-0.4, -0.2) is 49.4 Å². The third kappa shape index (κ3) is 6.36. The summed E-state index contributed by atoms with van der Waals surface area (Å²) in [7, 11) is 1.67. The molecular weight excluding hydrogens is 410 g/mol. The number of nitrogens with zero attached hydrogens (tertiary/aromatic N) is 3. The topological polar surface area (TPSA) is 37.3 Å². The molecule has 0 atom stereocenters. The van der Waals surface area contributed by atoms with Gasteiger partial charge in [0.15, 0.2) is 11.5 Å². The fourth-order valence-electron chi connectivity index (χ4n) is 4.04. The third-order valence-corrected chi connectivity index (χ3v) is 6.04. The summed E-state index contributed by atoms with van der Waals surface area (Å²) in [6.45, 7) is 9.75. The van der Waals surface area contributed by atoms with Crippen LogP contribution in [-0.2, 0) is 13.2 Å². The summed E-state index contributed by atoms with van der Waals surface area (Å²) >= 11 is 0. The lowest BCUT2D eigenvalue weighted by Crippen LogP contribution is -2.43. The van der Waals surface area contributed by atoms with E-state index in [4.69, 9.17) is 14.6 Å². The normalized spacial score (nSPS) is 14.6. The maximum atomic E-state index is 5.95. The molecule has 0 radical (unpaired) electrons. The second kappa shape index (κ2) is 11.0. The van der Waals surface area contributed by atoms with E-state index in [1.807, 2.05) is 42.6 Å². The summed E-state index contributed by atoms with van der Waals surface area (Å²) in [6.07, 6.45) is 1.91. The molecule has 1 aliphatic heterocycles. The maximum Gasteiger partial charge on any atom is 0.161 e. The van der Waals surface area contributed by atoms with Crippen molar-refractivity contribution in [2.75, 3.05) is 33.3 Å². The molecule has 1 aliphatic rings. The van der Waals surface area contributed by atoms with E-state index >= 15 is 0 Å². The Bertz CT molecular complexity index is 1070. The van der Waals surface area contributed by atoms with Crippen LogP contribution in [0.1, 0.15) is 27.8 Å². The summed E-state index contributed by atoms with van der Waals surface area (Å²) in [5.74, 6) is 1.45. The molecule has 0 amide bonds. The summed E-state index contributed by atoms with van der Waals surface area (Å²) in [5, 5.41) is 6.85. The highest BCUT2D eigenvalue weighted by atomic mass is 16.5. The molecule has 0 unspecified atom stereocenters. The fraction of sp³-hybridized carbons (Fsp3) is 0.321. The van der Waals surface area contributed by atoms with Crippen LogP contribution in [0.4, 0.5) is 0 Å². The minimum absolute atomic E-state index is 0.511. The molecule has 1 heterocycles. The van der Waals surface area contributed by atoms with Crippen LogP contribution in [0.15, 0.2) is 71.8 Å². The number of ether oxygens (including phenoxy) is 2. The first-order chi connectivity index (χ1) is 16.1. The predicted octanol–water partition coefficient (Wildman–Crippen LogP) is 5.04. The standard InChI is InChI=1S/C28H33N3O2/c1-22-9-11-26(23(2)17-22)20-30-13-15-31(16-14-30)29-19-25-10-12-27(28(18-25)32-3)33-21-24-7-5-4-6-8-24/h4-12,17-19H,13-16,20-21H2,1-3H3/b29-19+. The SMILES string of the molecule is COc1cc(/C=N/N2CCN(Cc3ccc(C)cc3C)CC2)ccc1OCc1ccccc1. The van der Waals surface area contributed by atoms with Crippen LogP contribution >= 0.6 is 0 Å². The van der Waals surface area contributed by atoms with Gasteiger partial charge in [-0.1, -0.05) is 54.1 Å². The van der Waals surface area contributed by atoms with E-state index in [2.05, 4.69) is 54.1 Å². The summed E-state index contributed by atoms with van der Waals surface area (Å²) in [6, 6.07) is 22.8. The third-order valence-electron chi connectivity index (χ3n) is 6.04.